The van der Waals surface area contributed by atoms with E-state index in [9.17, 15) is 0 Å². The van der Waals surface area contributed by atoms with Crippen LogP contribution in [0.1, 0.15) is 18.7 Å². The van der Waals surface area contributed by atoms with Gasteiger partial charge < -0.3 is 9.47 Å². The van der Waals surface area contributed by atoms with E-state index in [0.29, 0.717) is 5.92 Å². The van der Waals surface area contributed by atoms with E-state index in [1.54, 1.807) is 0 Å². The number of hydrogen-bond donors (Lipinski definition) is 0. The van der Waals surface area contributed by atoms with Crippen molar-refractivity contribution in [3.05, 3.63) is 48.7 Å². The molecule has 4 rings (SSSR count). The maximum absolute atomic E-state index is 4.79. The van der Waals surface area contributed by atoms with E-state index in [1.165, 1.54) is 12.8 Å². The van der Waals surface area contributed by atoms with Gasteiger partial charge in [-0.3, -0.25) is 4.98 Å². The Labute approximate surface area is 136 Å². The predicted molar refractivity (Wildman–Crippen MR) is 91.4 cm³/mol. The molecule has 5 heteroatoms. The van der Waals surface area contributed by atoms with E-state index in [4.69, 9.17) is 4.98 Å². The monoisotopic (exact) mass is 307 g/mol. The molecule has 0 saturated carbocycles. The second-order valence-electron chi connectivity index (χ2n) is 6.30. The number of hydrogen-bond acceptors (Lipinski definition) is 4. The lowest BCUT2D eigenvalue weighted by Gasteiger charge is -2.33. The highest BCUT2D eigenvalue weighted by atomic mass is 15.2. The second kappa shape index (κ2) is 5.99. The zero-order valence-corrected chi connectivity index (χ0v) is 13.4. The lowest BCUT2D eigenvalue weighted by molar-refractivity contribution is 0.362. The van der Waals surface area contributed by atoms with Gasteiger partial charge in [0.15, 0.2) is 0 Å². The van der Waals surface area contributed by atoms with Crippen LogP contribution in [-0.2, 0) is 6.54 Å². The van der Waals surface area contributed by atoms with Crippen LogP contribution < -0.4 is 4.90 Å². The van der Waals surface area contributed by atoms with Gasteiger partial charge in [-0.15, -0.1) is 0 Å². The number of piperidine rings is 1. The number of anilines is 1. The number of para-hydroxylation sites is 2. The van der Waals surface area contributed by atoms with E-state index < -0.39 is 0 Å². The van der Waals surface area contributed by atoms with Crippen LogP contribution in [0.25, 0.3) is 11.0 Å². The van der Waals surface area contributed by atoms with Gasteiger partial charge in [0.1, 0.15) is 11.6 Å². The summed E-state index contributed by atoms with van der Waals surface area (Å²) in [6, 6.07) is 8.05. The molecule has 3 heterocycles. The largest absolute Gasteiger partial charge is 0.355 e. The normalized spacial score (nSPS) is 18.5. The van der Waals surface area contributed by atoms with Crippen LogP contribution in [0.5, 0.6) is 0 Å². The summed E-state index contributed by atoms with van der Waals surface area (Å²) < 4.78 is 2.25. The van der Waals surface area contributed by atoms with Gasteiger partial charge in [0.2, 0.25) is 0 Å². The first kappa shape index (κ1) is 14.2. The zero-order valence-electron chi connectivity index (χ0n) is 13.4. The van der Waals surface area contributed by atoms with Crippen LogP contribution >= 0.6 is 0 Å². The average Bonchev–Trinajstić information content (AvgIpc) is 2.99. The summed E-state index contributed by atoms with van der Waals surface area (Å²) in [7, 11) is 0. The topological polar surface area (TPSA) is 46.8 Å². The first-order valence-corrected chi connectivity index (χ1v) is 8.24. The standard InChI is InChI=1S/C18H21N5/c1-14-19-8-10-22(14)12-15-5-4-9-23(13-15)18-11-20-16-6-2-3-7-17(16)21-18/h2-3,6-8,10-11,15H,4-5,9,12-13H2,1H3/t15-/m1/s1. The van der Waals surface area contributed by atoms with Gasteiger partial charge in [-0.2, -0.15) is 0 Å². The van der Waals surface area contributed by atoms with Crippen molar-refractivity contribution in [2.24, 2.45) is 5.92 Å². The van der Waals surface area contributed by atoms with Gasteiger partial charge in [0.25, 0.3) is 0 Å². The molecule has 2 aromatic heterocycles. The van der Waals surface area contributed by atoms with E-state index in [-0.39, 0.29) is 0 Å². The Hall–Kier alpha value is -2.43. The van der Waals surface area contributed by atoms with Crippen molar-refractivity contribution in [3.63, 3.8) is 0 Å². The molecule has 0 aliphatic carbocycles. The molecular formula is C18H21N5. The Morgan fingerprint density at radius 2 is 2.04 bits per heavy atom. The first-order valence-electron chi connectivity index (χ1n) is 8.24. The molecule has 0 unspecified atom stereocenters. The van der Waals surface area contributed by atoms with Crippen LogP contribution in [0.4, 0.5) is 5.82 Å². The molecule has 0 spiro atoms. The number of fused-ring (bicyclic) bond motifs is 1. The Morgan fingerprint density at radius 1 is 1.17 bits per heavy atom. The predicted octanol–water partition coefficient (Wildman–Crippen LogP) is 3.05. The van der Waals surface area contributed by atoms with Gasteiger partial charge in [0, 0.05) is 32.0 Å². The van der Waals surface area contributed by atoms with Gasteiger partial charge >= 0.3 is 0 Å². The highest BCUT2D eigenvalue weighted by Gasteiger charge is 2.22. The third-order valence-electron chi connectivity index (χ3n) is 4.66. The van der Waals surface area contributed by atoms with Crippen molar-refractivity contribution in [3.8, 4) is 0 Å². The Kier molecular flexibility index (Phi) is 3.69. The van der Waals surface area contributed by atoms with E-state index >= 15 is 0 Å². The molecule has 1 fully saturated rings. The summed E-state index contributed by atoms with van der Waals surface area (Å²) in [5, 5.41) is 0. The minimum absolute atomic E-state index is 0.630. The SMILES string of the molecule is Cc1nccn1C[C@H]1CCCN(c2cnc3ccccc3n2)C1. The van der Waals surface area contributed by atoms with Crippen molar-refractivity contribution >= 4 is 16.9 Å². The maximum Gasteiger partial charge on any atom is 0.147 e. The molecule has 1 atom stereocenters. The van der Waals surface area contributed by atoms with Gasteiger partial charge in [0.05, 0.1) is 17.2 Å². The van der Waals surface area contributed by atoms with Crippen molar-refractivity contribution in [2.45, 2.75) is 26.3 Å². The van der Waals surface area contributed by atoms with Gasteiger partial charge in [-0.05, 0) is 37.8 Å². The molecule has 0 N–H and O–H groups in total. The van der Waals surface area contributed by atoms with Crippen molar-refractivity contribution in [1.29, 1.82) is 0 Å². The van der Waals surface area contributed by atoms with Crippen LogP contribution in [0, 0.1) is 12.8 Å². The van der Waals surface area contributed by atoms with E-state index in [0.717, 1.165) is 42.3 Å². The number of aryl methyl sites for hydroxylation is 1. The molecule has 0 amide bonds. The molecular weight excluding hydrogens is 286 g/mol. The van der Waals surface area contributed by atoms with Crippen LogP contribution in [0.2, 0.25) is 0 Å². The molecule has 0 radical (unpaired) electrons. The van der Waals surface area contributed by atoms with E-state index in [2.05, 4.69) is 32.6 Å². The van der Waals surface area contributed by atoms with Gasteiger partial charge in [-0.1, -0.05) is 12.1 Å². The highest BCUT2D eigenvalue weighted by molar-refractivity contribution is 5.75. The smallest absolute Gasteiger partial charge is 0.147 e. The number of imidazole rings is 1. The summed E-state index contributed by atoms with van der Waals surface area (Å²) in [6.07, 6.45) is 8.32. The van der Waals surface area contributed by atoms with Crippen LogP contribution in [0.3, 0.4) is 0 Å². The highest BCUT2D eigenvalue weighted by Crippen LogP contribution is 2.24. The van der Waals surface area contributed by atoms with Gasteiger partial charge in [-0.25, -0.2) is 9.97 Å². The van der Waals surface area contributed by atoms with Crippen molar-refractivity contribution < 1.29 is 0 Å². The van der Waals surface area contributed by atoms with Crippen LogP contribution in [-0.4, -0.2) is 32.6 Å². The maximum atomic E-state index is 4.79. The van der Waals surface area contributed by atoms with E-state index in [1.807, 2.05) is 36.7 Å². The molecule has 23 heavy (non-hydrogen) atoms. The molecule has 118 valence electrons. The molecule has 1 aliphatic rings. The Balaban J connectivity index is 1.52. The average molecular weight is 307 g/mol. The van der Waals surface area contributed by atoms with Crippen molar-refractivity contribution in [2.75, 3.05) is 18.0 Å². The zero-order chi connectivity index (χ0) is 15.6. The lowest BCUT2D eigenvalue weighted by atomic mass is 9.98. The second-order valence-corrected chi connectivity index (χ2v) is 6.30. The molecule has 3 aromatic rings. The Bertz CT molecular complexity index is 810. The minimum Gasteiger partial charge on any atom is -0.355 e. The fourth-order valence-electron chi connectivity index (χ4n) is 3.40. The molecule has 5 nitrogen and oxygen atoms in total. The fraction of sp³-hybridized carbons (Fsp3) is 0.389. The summed E-state index contributed by atoms with van der Waals surface area (Å²) in [5.41, 5.74) is 1.93. The third-order valence-corrected chi connectivity index (χ3v) is 4.66. The number of aromatic nitrogens is 4. The lowest BCUT2D eigenvalue weighted by Crippen LogP contribution is -2.37. The van der Waals surface area contributed by atoms with Crippen molar-refractivity contribution in [1.82, 2.24) is 19.5 Å². The summed E-state index contributed by atoms with van der Waals surface area (Å²) >= 11 is 0. The molecule has 1 aromatic carbocycles. The number of rotatable bonds is 3. The third kappa shape index (κ3) is 2.91. The van der Waals surface area contributed by atoms with Crippen LogP contribution in [0.15, 0.2) is 42.9 Å². The number of nitrogens with zero attached hydrogens (tertiary/aromatic N) is 5. The summed E-state index contributed by atoms with van der Waals surface area (Å²) in [5.74, 6) is 2.72. The summed E-state index contributed by atoms with van der Waals surface area (Å²) in [6.45, 7) is 5.19. The number of benzene rings is 1. The minimum atomic E-state index is 0.630. The fourth-order valence-corrected chi connectivity index (χ4v) is 3.40. The molecule has 0 bridgehead atoms. The molecule has 1 aliphatic heterocycles. The molecule has 1 saturated heterocycles. The summed E-state index contributed by atoms with van der Waals surface area (Å²) in [4.78, 5) is 16.0. The first-order chi connectivity index (χ1) is 11.3. The quantitative estimate of drug-likeness (QED) is 0.746. The Morgan fingerprint density at radius 3 is 2.87 bits per heavy atom.